The van der Waals surface area contributed by atoms with Crippen molar-refractivity contribution in [3.05, 3.63) is 64.1 Å². The smallest absolute Gasteiger partial charge is 0.243 e. The molecule has 0 bridgehead atoms. The summed E-state index contributed by atoms with van der Waals surface area (Å²) in [5.41, 5.74) is 0.832. The van der Waals surface area contributed by atoms with Gasteiger partial charge in [0.2, 0.25) is 11.8 Å². The van der Waals surface area contributed by atoms with Crippen molar-refractivity contribution in [2.75, 3.05) is 6.61 Å². The van der Waals surface area contributed by atoms with E-state index in [1.165, 1.54) is 6.42 Å². The van der Waals surface area contributed by atoms with E-state index in [1.807, 2.05) is 31.2 Å². The molecular formula is C27H34Cl2N2O3. The number of carbonyl (C=O) groups is 2. The summed E-state index contributed by atoms with van der Waals surface area (Å²) in [6.07, 6.45) is 6.86. The molecule has 1 aliphatic rings. The Labute approximate surface area is 212 Å². The molecule has 3 rings (SSSR count). The highest BCUT2D eigenvalue weighted by Crippen LogP contribution is 2.22. The third-order valence-corrected chi connectivity index (χ3v) is 6.87. The van der Waals surface area contributed by atoms with E-state index in [-0.39, 0.29) is 24.3 Å². The van der Waals surface area contributed by atoms with Crippen LogP contribution in [-0.2, 0) is 16.1 Å². The second kappa shape index (κ2) is 13.6. The number of ether oxygens (including phenoxy) is 1. The van der Waals surface area contributed by atoms with Gasteiger partial charge in [0, 0.05) is 29.1 Å². The molecule has 1 unspecified atom stereocenters. The molecule has 1 fully saturated rings. The molecule has 0 radical (unpaired) electrons. The van der Waals surface area contributed by atoms with Crippen molar-refractivity contribution in [1.82, 2.24) is 10.2 Å². The Morgan fingerprint density at radius 1 is 1.06 bits per heavy atom. The molecule has 2 amide bonds. The molecule has 2 aromatic rings. The fourth-order valence-electron chi connectivity index (χ4n) is 4.36. The molecule has 184 valence electrons. The van der Waals surface area contributed by atoms with Gasteiger partial charge < -0.3 is 15.0 Å². The van der Waals surface area contributed by atoms with Crippen LogP contribution in [-0.4, -0.2) is 35.4 Å². The van der Waals surface area contributed by atoms with Crippen LogP contribution >= 0.6 is 23.2 Å². The van der Waals surface area contributed by atoms with E-state index in [4.69, 9.17) is 27.9 Å². The van der Waals surface area contributed by atoms with Gasteiger partial charge in [-0.1, -0.05) is 67.6 Å². The molecule has 0 aromatic heterocycles. The number of hydrogen-bond acceptors (Lipinski definition) is 3. The molecule has 1 aliphatic carbocycles. The summed E-state index contributed by atoms with van der Waals surface area (Å²) >= 11 is 12.3. The highest BCUT2D eigenvalue weighted by atomic mass is 35.5. The van der Waals surface area contributed by atoms with Crippen LogP contribution in [0, 0.1) is 0 Å². The SMILES string of the molecule is CCC(C(=O)NC1CCCCC1)N(Cc1ccccc1Cl)C(=O)CCCOc1ccc(Cl)cc1. The lowest BCUT2D eigenvalue weighted by Crippen LogP contribution is -2.51. The molecular weight excluding hydrogens is 471 g/mol. The number of amides is 2. The van der Waals surface area contributed by atoms with E-state index in [0.29, 0.717) is 41.8 Å². The predicted molar refractivity (Wildman–Crippen MR) is 137 cm³/mol. The van der Waals surface area contributed by atoms with Gasteiger partial charge in [-0.25, -0.2) is 0 Å². The summed E-state index contributed by atoms with van der Waals surface area (Å²) in [4.78, 5) is 28.3. The first kappa shape index (κ1) is 26.4. The quantitative estimate of drug-likeness (QED) is 0.359. The average Bonchev–Trinajstić information content (AvgIpc) is 2.84. The number of carbonyl (C=O) groups excluding carboxylic acids is 2. The predicted octanol–water partition coefficient (Wildman–Crippen LogP) is 6.41. The third-order valence-electron chi connectivity index (χ3n) is 6.25. The minimum Gasteiger partial charge on any atom is -0.494 e. The van der Waals surface area contributed by atoms with Gasteiger partial charge >= 0.3 is 0 Å². The molecule has 7 heteroatoms. The van der Waals surface area contributed by atoms with Crippen molar-refractivity contribution < 1.29 is 14.3 Å². The fraction of sp³-hybridized carbons (Fsp3) is 0.481. The Balaban J connectivity index is 1.65. The van der Waals surface area contributed by atoms with Crippen LogP contribution in [0.25, 0.3) is 0 Å². The maximum Gasteiger partial charge on any atom is 0.243 e. The second-order valence-electron chi connectivity index (χ2n) is 8.79. The van der Waals surface area contributed by atoms with E-state index in [2.05, 4.69) is 5.32 Å². The van der Waals surface area contributed by atoms with Crippen LogP contribution in [0.4, 0.5) is 0 Å². The normalized spacial score (nSPS) is 14.9. The lowest BCUT2D eigenvalue weighted by molar-refractivity contribution is -0.142. The fourth-order valence-corrected chi connectivity index (χ4v) is 4.68. The zero-order valence-corrected chi connectivity index (χ0v) is 21.3. The van der Waals surface area contributed by atoms with Crippen LogP contribution in [0.3, 0.4) is 0 Å². The number of hydrogen-bond donors (Lipinski definition) is 1. The maximum absolute atomic E-state index is 13.3. The number of rotatable bonds is 11. The first-order valence-electron chi connectivity index (χ1n) is 12.2. The summed E-state index contributed by atoms with van der Waals surface area (Å²) in [6.45, 7) is 2.65. The summed E-state index contributed by atoms with van der Waals surface area (Å²) in [5.74, 6) is 0.556. The van der Waals surface area contributed by atoms with E-state index >= 15 is 0 Å². The summed E-state index contributed by atoms with van der Waals surface area (Å²) in [5, 5.41) is 4.44. The number of nitrogens with one attached hydrogen (secondary N) is 1. The van der Waals surface area contributed by atoms with Gasteiger partial charge in [0.15, 0.2) is 0 Å². The van der Waals surface area contributed by atoms with Gasteiger partial charge in [-0.15, -0.1) is 0 Å². The van der Waals surface area contributed by atoms with Gasteiger partial charge in [-0.2, -0.15) is 0 Å². The molecule has 34 heavy (non-hydrogen) atoms. The summed E-state index contributed by atoms with van der Waals surface area (Å²) in [7, 11) is 0. The first-order valence-corrected chi connectivity index (χ1v) is 12.9. The van der Waals surface area contributed by atoms with Gasteiger partial charge in [0.05, 0.1) is 6.61 Å². The average molecular weight is 505 g/mol. The Bertz CT molecular complexity index is 930. The topological polar surface area (TPSA) is 58.6 Å². The van der Waals surface area contributed by atoms with Gasteiger partial charge in [0.1, 0.15) is 11.8 Å². The lowest BCUT2D eigenvalue weighted by atomic mass is 9.95. The molecule has 0 aliphatic heterocycles. The Kier molecular flexibility index (Phi) is 10.5. The van der Waals surface area contributed by atoms with Crippen molar-refractivity contribution in [2.45, 2.75) is 76.9 Å². The van der Waals surface area contributed by atoms with E-state index < -0.39 is 6.04 Å². The van der Waals surface area contributed by atoms with Crippen LogP contribution in [0.15, 0.2) is 48.5 Å². The highest BCUT2D eigenvalue weighted by molar-refractivity contribution is 6.31. The third kappa shape index (κ3) is 7.92. The standard InChI is InChI=1S/C27H34Cl2N2O3/c1-2-25(27(33)30-22-10-4-3-5-11-22)31(19-20-9-6-7-12-24(20)29)26(32)13-8-18-34-23-16-14-21(28)15-17-23/h6-7,9,12,14-17,22,25H,2-5,8,10-11,13,18-19H2,1H3,(H,30,33). The Morgan fingerprint density at radius 3 is 2.44 bits per heavy atom. The summed E-state index contributed by atoms with van der Waals surface area (Å²) in [6, 6.07) is 14.3. The zero-order valence-electron chi connectivity index (χ0n) is 19.8. The van der Waals surface area contributed by atoms with Crippen LogP contribution in [0.5, 0.6) is 5.75 Å². The highest BCUT2D eigenvalue weighted by Gasteiger charge is 2.30. The zero-order chi connectivity index (χ0) is 24.3. The molecule has 0 spiro atoms. The second-order valence-corrected chi connectivity index (χ2v) is 9.63. The van der Waals surface area contributed by atoms with Crippen LogP contribution < -0.4 is 10.1 Å². The minimum absolute atomic E-state index is 0.0767. The van der Waals surface area contributed by atoms with Crippen LogP contribution in [0.1, 0.15) is 63.9 Å². The molecule has 1 N–H and O–H groups in total. The molecule has 2 aromatic carbocycles. The van der Waals surface area contributed by atoms with E-state index in [0.717, 1.165) is 31.2 Å². The summed E-state index contributed by atoms with van der Waals surface area (Å²) < 4.78 is 5.73. The molecule has 0 saturated heterocycles. The largest absolute Gasteiger partial charge is 0.494 e. The van der Waals surface area contributed by atoms with Crippen molar-refractivity contribution in [3.8, 4) is 5.75 Å². The lowest BCUT2D eigenvalue weighted by Gasteiger charge is -2.33. The van der Waals surface area contributed by atoms with Gasteiger partial charge in [0.25, 0.3) is 0 Å². The Morgan fingerprint density at radius 2 is 1.76 bits per heavy atom. The monoisotopic (exact) mass is 504 g/mol. The Hall–Kier alpha value is -2.24. The molecule has 5 nitrogen and oxygen atoms in total. The number of benzene rings is 2. The maximum atomic E-state index is 13.3. The van der Waals surface area contributed by atoms with Gasteiger partial charge in [-0.05, 0) is 61.6 Å². The number of nitrogens with zero attached hydrogens (tertiary/aromatic N) is 1. The van der Waals surface area contributed by atoms with Crippen molar-refractivity contribution in [3.63, 3.8) is 0 Å². The van der Waals surface area contributed by atoms with E-state index in [1.54, 1.807) is 29.2 Å². The van der Waals surface area contributed by atoms with Crippen molar-refractivity contribution in [2.24, 2.45) is 0 Å². The molecule has 1 atom stereocenters. The molecule has 0 heterocycles. The first-order chi connectivity index (χ1) is 16.5. The van der Waals surface area contributed by atoms with Crippen molar-refractivity contribution in [1.29, 1.82) is 0 Å². The van der Waals surface area contributed by atoms with Crippen LogP contribution in [0.2, 0.25) is 10.0 Å². The number of halogens is 2. The van der Waals surface area contributed by atoms with Crippen molar-refractivity contribution >= 4 is 35.0 Å². The van der Waals surface area contributed by atoms with E-state index in [9.17, 15) is 9.59 Å². The van der Waals surface area contributed by atoms with Gasteiger partial charge in [-0.3, -0.25) is 9.59 Å². The minimum atomic E-state index is -0.539. The molecule has 1 saturated carbocycles.